The van der Waals surface area contributed by atoms with Crippen molar-refractivity contribution in [2.75, 3.05) is 31.7 Å². The van der Waals surface area contributed by atoms with Crippen molar-refractivity contribution in [1.82, 2.24) is 4.31 Å². The summed E-state index contributed by atoms with van der Waals surface area (Å²) in [6.07, 6.45) is 0.783. The first-order valence-electron chi connectivity index (χ1n) is 6.46. The van der Waals surface area contributed by atoms with E-state index in [9.17, 15) is 13.2 Å². The first-order chi connectivity index (χ1) is 9.96. The minimum absolute atomic E-state index is 0.0708. The van der Waals surface area contributed by atoms with Gasteiger partial charge in [0.05, 0.1) is 12.7 Å². The van der Waals surface area contributed by atoms with Crippen LogP contribution in [0.4, 0.5) is 0 Å². The van der Waals surface area contributed by atoms with Gasteiger partial charge in [-0.2, -0.15) is 16.1 Å². The number of hydrogen-bond donors (Lipinski definition) is 1. The predicted molar refractivity (Wildman–Crippen MR) is 80.7 cm³/mol. The first-order valence-corrected chi connectivity index (χ1v) is 9.05. The fourth-order valence-electron chi connectivity index (χ4n) is 2.11. The molecular weight excluding hydrogens is 314 g/mol. The summed E-state index contributed by atoms with van der Waals surface area (Å²) >= 11 is 1.72. The fraction of sp³-hybridized carbons (Fsp3) is 0.462. The van der Waals surface area contributed by atoms with Crippen LogP contribution < -0.4 is 4.74 Å². The van der Waals surface area contributed by atoms with Gasteiger partial charge in [0.25, 0.3) is 0 Å². The Morgan fingerprint density at radius 2 is 2.10 bits per heavy atom. The van der Waals surface area contributed by atoms with Crippen molar-refractivity contribution in [2.45, 2.75) is 11.3 Å². The summed E-state index contributed by atoms with van der Waals surface area (Å²) in [5.41, 5.74) is -0.0708. The van der Waals surface area contributed by atoms with Crippen LogP contribution in [0.25, 0.3) is 0 Å². The minimum atomic E-state index is -3.75. The molecule has 1 N–H and O–H groups in total. The molecule has 0 spiro atoms. The fourth-order valence-corrected chi connectivity index (χ4v) is 4.78. The Labute approximate surface area is 128 Å². The van der Waals surface area contributed by atoms with E-state index in [4.69, 9.17) is 9.84 Å². The summed E-state index contributed by atoms with van der Waals surface area (Å²) in [4.78, 5) is 11.0. The van der Waals surface area contributed by atoms with Gasteiger partial charge in [-0.3, -0.25) is 0 Å². The van der Waals surface area contributed by atoms with Crippen LogP contribution in [0.1, 0.15) is 16.8 Å². The van der Waals surface area contributed by atoms with Crippen LogP contribution in [0.2, 0.25) is 0 Å². The van der Waals surface area contributed by atoms with E-state index in [0.29, 0.717) is 13.1 Å². The molecule has 0 saturated carbocycles. The number of rotatable bonds is 4. The lowest BCUT2D eigenvalue weighted by Gasteiger charge is -2.21. The molecule has 0 aliphatic carbocycles. The molecule has 1 aliphatic rings. The van der Waals surface area contributed by atoms with Crippen LogP contribution in [0.5, 0.6) is 5.75 Å². The Bertz CT molecular complexity index is 621. The van der Waals surface area contributed by atoms with Gasteiger partial charge in [-0.15, -0.1) is 0 Å². The van der Waals surface area contributed by atoms with Crippen molar-refractivity contribution in [1.29, 1.82) is 0 Å². The standard InChI is InChI=1S/C13H17NO5S2/c1-19-11-4-3-10(13(15)16)9-12(11)21(17,18)14-5-2-7-20-8-6-14/h3-4,9H,2,5-8H2,1H3,(H,15,16). The second-order valence-electron chi connectivity index (χ2n) is 4.54. The number of carboxylic acids is 1. The van der Waals surface area contributed by atoms with Gasteiger partial charge in [-0.1, -0.05) is 0 Å². The van der Waals surface area contributed by atoms with Crippen molar-refractivity contribution in [3.8, 4) is 5.75 Å². The van der Waals surface area contributed by atoms with Gasteiger partial charge in [-0.05, 0) is 30.4 Å². The molecule has 0 bridgehead atoms. The number of nitrogens with zero attached hydrogens (tertiary/aromatic N) is 1. The largest absolute Gasteiger partial charge is 0.495 e. The van der Waals surface area contributed by atoms with Crippen LogP contribution in [0.3, 0.4) is 0 Å². The Balaban J connectivity index is 2.46. The molecule has 1 saturated heterocycles. The highest BCUT2D eigenvalue weighted by Gasteiger charge is 2.29. The topological polar surface area (TPSA) is 83.9 Å². The van der Waals surface area contributed by atoms with Crippen molar-refractivity contribution in [3.63, 3.8) is 0 Å². The molecule has 1 fully saturated rings. The van der Waals surface area contributed by atoms with Crippen LogP contribution in [0.15, 0.2) is 23.1 Å². The molecule has 6 nitrogen and oxygen atoms in total. The molecule has 8 heteroatoms. The van der Waals surface area contributed by atoms with E-state index < -0.39 is 16.0 Å². The van der Waals surface area contributed by atoms with Crippen molar-refractivity contribution in [2.24, 2.45) is 0 Å². The summed E-state index contributed by atoms with van der Waals surface area (Å²) in [6, 6.07) is 3.87. The predicted octanol–water partition coefficient (Wildman–Crippen LogP) is 1.52. The molecule has 1 heterocycles. The maximum atomic E-state index is 12.7. The van der Waals surface area contributed by atoms with Crippen molar-refractivity contribution < 1.29 is 23.1 Å². The lowest BCUT2D eigenvalue weighted by atomic mass is 10.2. The normalized spacial score (nSPS) is 17.2. The molecular formula is C13H17NO5S2. The summed E-state index contributed by atoms with van der Waals surface area (Å²) in [5.74, 6) is 0.663. The number of benzene rings is 1. The highest BCUT2D eigenvalue weighted by Crippen LogP contribution is 2.29. The second kappa shape index (κ2) is 6.67. The van der Waals surface area contributed by atoms with Gasteiger partial charge in [0.2, 0.25) is 10.0 Å². The lowest BCUT2D eigenvalue weighted by Crippen LogP contribution is -2.33. The molecule has 0 atom stereocenters. The Hall–Kier alpha value is -1.25. The van der Waals surface area contributed by atoms with Gasteiger partial charge < -0.3 is 9.84 Å². The zero-order valence-electron chi connectivity index (χ0n) is 11.6. The van der Waals surface area contributed by atoms with Gasteiger partial charge in [0.1, 0.15) is 10.6 Å². The molecule has 0 radical (unpaired) electrons. The second-order valence-corrected chi connectivity index (χ2v) is 7.67. The molecule has 0 amide bonds. The van der Waals surface area contributed by atoms with E-state index in [0.717, 1.165) is 24.0 Å². The third-order valence-electron chi connectivity index (χ3n) is 3.21. The van der Waals surface area contributed by atoms with E-state index >= 15 is 0 Å². The van der Waals surface area contributed by atoms with Gasteiger partial charge >= 0.3 is 5.97 Å². The number of ether oxygens (including phenoxy) is 1. The number of thioether (sulfide) groups is 1. The van der Waals surface area contributed by atoms with Gasteiger partial charge in [0, 0.05) is 18.8 Å². The first kappa shape index (κ1) is 16.1. The van der Waals surface area contributed by atoms with Gasteiger partial charge in [0.15, 0.2) is 0 Å². The lowest BCUT2D eigenvalue weighted by molar-refractivity contribution is 0.0696. The number of aromatic carboxylic acids is 1. The Morgan fingerprint density at radius 3 is 2.76 bits per heavy atom. The zero-order chi connectivity index (χ0) is 15.5. The van der Waals surface area contributed by atoms with E-state index in [-0.39, 0.29) is 16.2 Å². The monoisotopic (exact) mass is 331 g/mol. The molecule has 116 valence electrons. The Kier molecular flexibility index (Phi) is 5.13. The van der Waals surface area contributed by atoms with Crippen molar-refractivity contribution in [3.05, 3.63) is 23.8 Å². The third-order valence-corrected chi connectivity index (χ3v) is 6.18. The van der Waals surface area contributed by atoms with Crippen LogP contribution in [0, 0.1) is 0 Å². The Morgan fingerprint density at radius 1 is 1.33 bits per heavy atom. The van der Waals surface area contributed by atoms with E-state index in [1.807, 2.05) is 0 Å². The van der Waals surface area contributed by atoms with E-state index in [1.165, 1.54) is 23.5 Å². The highest BCUT2D eigenvalue weighted by atomic mass is 32.2. The van der Waals surface area contributed by atoms with Crippen LogP contribution >= 0.6 is 11.8 Å². The third kappa shape index (κ3) is 3.50. The maximum Gasteiger partial charge on any atom is 0.335 e. The van der Waals surface area contributed by atoms with E-state index in [1.54, 1.807) is 11.8 Å². The molecule has 21 heavy (non-hydrogen) atoms. The number of sulfonamides is 1. The molecule has 2 rings (SSSR count). The number of methoxy groups -OCH3 is 1. The zero-order valence-corrected chi connectivity index (χ0v) is 13.2. The average molecular weight is 331 g/mol. The van der Waals surface area contributed by atoms with Gasteiger partial charge in [-0.25, -0.2) is 13.2 Å². The summed E-state index contributed by atoms with van der Waals surface area (Å²) < 4.78 is 32.0. The number of carboxylic acid groups (broad SMARTS) is 1. The summed E-state index contributed by atoms with van der Waals surface area (Å²) in [7, 11) is -2.38. The highest BCUT2D eigenvalue weighted by molar-refractivity contribution is 7.99. The van der Waals surface area contributed by atoms with Crippen LogP contribution in [-0.2, 0) is 10.0 Å². The van der Waals surface area contributed by atoms with Crippen LogP contribution in [-0.4, -0.2) is 55.5 Å². The summed E-state index contributed by atoms with van der Waals surface area (Å²) in [5, 5.41) is 9.04. The number of carbonyl (C=O) groups is 1. The molecule has 1 aromatic rings. The molecule has 1 aliphatic heterocycles. The molecule has 0 aromatic heterocycles. The molecule has 0 unspecified atom stereocenters. The SMILES string of the molecule is COc1ccc(C(=O)O)cc1S(=O)(=O)N1CCCSCC1. The van der Waals surface area contributed by atoms with E-state index in [2.05, 4.69) is 0 Å². The smallest absolute Gasteiger partial charge is 0.335 e. The average Bonchev–Trinajstić information content (AvgIpc) is 2.76. The quantitative estimate of drug-likeness (QED) is 0.900. The number of hydrogen-bond acceptors (Lipinski definition) is 5. The molecule has 1 aromatic carbocycles. The summed E-state index contributed by atoms with van der Waals surface area (Å²) in [6.45, 7) is 0.864. The van der Waals surface area contributed by atoms with Crippen molar-refractivity contribution >= 4 is 27.8 Å². The maximum absolute atomic E-state index is 12.7. The minimum Gasteiger partial charge on any atom is -0.495 e.